The van der Waals surface area contributed by atoms with Gasteiger partial charge in [0.15, 0.2) is 6.29 Å². The summed E-state index contributed by atoms with van der Waals surface area (Å²) in [6, 6.07) is 7.99. The molecule has 6 N–H and O–H groups in total. The molecule has 0 bridgehead atoms. The van der Waals surface area contributed by atoms with Crippen LogP contribution in [0, 0.1) is 11.8 Å². The molecule has 4 aliphatic heterocycles. The summed E-state index contributed by atoms with van der Waals surface area (Å²) in [5.41, 5.74) is 3.58. The van der Waals surface area contributed by atoms with E-state index in [0.29, 0.717) is 13.0 Å². The van der Waals surface area contributed by atoms with E-state index >= 15 is 0 Å². The molecule has 0 aliphatic carbocycles. The molecule has 2 fully saturated rings. The Bertz CT molecular complexity index is 1250. The van der Waals surface area contributed by atoms with Crippen molar-refractivity contribution in [3.63, 3.8) is 0 Å². The van der Waals surface area contributed by atoms with Crippen LogP contribution in [-0.4, -0.2) is 111 Å². The second kappa shape index (κ2) is 10.5. The van der Waals surface area contributed by atoms with E-state index in [1.165, 1.54) is 18.9 Å². The Morgan fingerprint density at radius 1 is 1.13 bits per heavy atom. The fourth-order valence-corrected chi connectivity index (χ4v) is 6.66. The summed E-state index contributed by atoms with van der Waals surface area (Å²) < 4.78 is 22.3. The number of aromatic amines is 1. The molecule has 6 rings (SSSR count). The van der Waals surface area contributed by atoms with Gasteiger partial charge in [0.25, 0.3) is 0 Å². The molecule has 0 amide bonds. The van der Waals surface area contributed by atoms with Crippen molar-refractivity contribution in [1.29, 1.82) is 0 Å². The molecule has 10 atom stereocenters. The lowest BCUT2D eigenvalue weighted by atomic mass is 9.77. The molecule has 0 unspecified atom stereocenters. The molecule has 4 aliphatic rings. The SMILES string of the molecule is COC(=O)C1=CO[C@H](O[C@@H]2O[C@H](CO)[C@@H](O)[C@H](O)[C@H]2O)[C@@H]2[C@H](O)CN3CCc4c([nH]c5ccccc45)[C@@H]3C[C@H]12. The first-order valence-corrected chi connectivity index (χ1v) is 13.2. The Balaban J connectivity index is 1.34. The molecule has 12 nitrogen and oxygen atoms in total. The number of carbonyl (C=O) groups is 1. The van der Waals surface area contributed by atoms with Gasteiger partial charge >= 0.3 is 5.97 Å². The number of nitrogens with zero attached hydrogens (tertiary/aromatic N) is 1. The molecule has 1 aromatic heterocycles. The number of aliphatic hydroxyl groups excluding tert-OH is 5. The van der Waals surface area contributed by atoms with E-state index in [4.69, 9.17) is 18.9 Å². The van der Waals surface area contributed by atoms with Crippen LogP contribution in [0.2, 0.25) is 0 Å². The second-order valence-electron chi connectivity index (χ2n) is 10.7. The summed E-state index contributed by atoms with van der Waals surface area (Å²) in [7, 11) is 1.28. The van der Waals surface area contributed by atoms with Crippen LogP contribution < -0.4 is 0 Å². The monoisotopic (exact) mass is 546 g/mol. The number of hydrogen-bond acceptors (Lipinski definition) is 11. The highest BCUT2D eigenvalue weighted by Gasteiger charge is 2.52. The Kier molecular flexibility index (Phi) is 7.14. The molecule has 5 heterocycles. The van der Waals surface area contributed by atoms with Crippen molar-refractivity contribution in [3.05, 3.63) is 47.4 Å². The normalized spacial score (nSPS) is 38.6. The molecule has 0 saturated carbocycles. The minimum absolute atomic E-state index is 0.120. The number of methoxy groups -OCH3 is 1. The average molecular weight is 547 g/mol. The van der Waals surface area contributed by atoms with Crippen LogP contribution in [-0.2, 0) is 30.2 Å². The fraction of sp³-hybridized carbons (Fsp3) is 0.593. The van der Waals surface area contributed by atoms with Gasteiger partial charge < -0.3 is 49.5 Å². The number of para-hydroxylation sites is 1. The van der Waals surface area contributed by atoms with E-state index < -0.39 is 67.5 Å². The third kappa shape index (κ3) is 4.45. The van der Waals surface area contributed by atoms with Gasteiger partial charge in [-0.05, 0) is 24.5 Å². The minimum Gasteiger partial charge on any atom is -0.471 e. The highest BCUT2D eigenvalue weighted by Crippen LogP contribution is 2.47. The van der Waals surface area contributed by atoms with Crippen molar-refractivity contribution in [2.24, 2.45) is 11.8 Å². The first kappa shape index (κ1) is 26.7. The van der Waals surface area contributed by atoms with Gasteiger partial charge in [-0.3, -0.25) is 4.90 Å². The number of nitrogens with one attached hydrogen (secondary N) is 1. The van der Waals surface area contributed by atoms with Crippen molar-refractivity contribution in [2.75, 3.05) is 26.8 Å². The molecule has 212 valence electrons. The maximum atomic E-state index is 12.8. The smallest absolute Gasteiger partial charge is 0.337 e. The maximum Gasteiger partial charge on any atom is 0.337 e. The molecule has 39 heavy (non-hydrogen) atoms. The lowest BCUT2D eigenvalue weighted by Crippen LogP contribution is -2.60. The summed E-state index contributed by atoms with van der Waals surface area (Å²) in [6.45, 7) is 0.389. The van der Waals surface area contributed by atoms with Crippen molar-refractivity contribution in [1.82, 2.24) is 9.88 Å². The van der Waals surface area contributed by atoms with Gasteiger partial charge in [-0.15, -0.1) is 0 Å². The van der Waals surface area contributed by atoms with Gasteiger partial charge in [0.05, 0.1) is 43.6 Å². The predicted molar refractivity (Wildman–Crippen MR) is 134 cm³/mol. The van der Waals surface area contributed by atoms with Crippen LogP contribution in [0.3, 0.4) is 0 Å². The average Bonchev–Trinajstić information content (AvgIpc) is 3.25. The van der Waals surface area contributed by atoms with Gasteiger partial charge in [-0.25, -0.2) is 4.79 Å². The number of carbonyl (C=O) groups excluding carboxylic acids is 1. The molecular formula is C27H34N2O10. The van der Waals surface area contributed by atoms with Gasteiger partial charge in [0, 0.05) is 35.6 Å². The van der Waals surface area contributed by atoms with E-state index in [9.17, 15) is 30.3 Å². The summed E-state index contributed by atoms with van der Waals surface area (Å²) >= 11 is 0. The van der Waals surface area contributed by atoms with Crippen molar-refractivity contribution in [2.45, 2.75) is 62.0 Å². The van der Waals surface area contributed by atoms with Gasteiger partial charge in [0.2, 0.25) is 6.29 Å². The Labute approximate surface area is 224 Å². The zero-order valence-corrected chi connectivity index (χ0v) is 21.4. The number of aliphatic hydroxyl groups is 5. The largest absolute Gasteiger partial charge is 0.471 e. The summed E-state index contributed by atoms with van der Waals surface area (Å²) in [5, 5.41) is 53.1. The minimum atomic E-state index is -1.64. The first-order valence-electron chi connectivity index (χ1n) is 13.2. The van der Waals surface area contributed by atoms with Gasteiger partial charge in [-0.2, -0.15) is 0 Å². The topological polar surface area (TPSA) is 174 Å². The van der Waals surface area contributed by atoms with Crippen LogP contribution in [0.25, 0.3) is 10.9 Å². The van der Waals surface area contributed by atoms with Crippen molar-refractivity contribution >= 4 is 16.9 Å². The lowest BCUT2D eigenvalue weighted by Gasteiger charge is -2.44. The molecule has 1 aromatic carbocycles. The number of esters is 1. The Morgan fingerprint density at radius 2 is 1.92 bits per heavy atom. The van der Waals surface area contributed by atoms with E-state index in [1.807, 2.05) is 18.2 Å². The zero-order valence-electron chi connectivity index (χ0n) is 21.4. The highest BCUT2D eigenvalue weighted by molar-refractivity contribution is 5.89. The number of fused-ring (bicyclic) bond motifs is 6. The second-order valence-corrected chi connectivity index (χ2v) is 10.7. The Hall–Kier alpha value is -2.55. The van der Waals surface area contributed by atoms with Crippen LogP contribution in [0.15, 0.2) is 36.1 Å². The zero-order chi connectivity index (χ0) is 27.4. The predicted octanol–water partition coefficient (Wildman–Crippen LogP) is -0.706. The van der Waals surface area contributed by atoms with Crippen LogP contribution >= 0.6 is 0 Å². The van der Waals surface area contributed by atoms with Crippen molar-refractivity contribution < 1.29 is 49.3 Å². The van der Waals surface area contributed by atoms with E-state index in [2.05, 4.69) is 16.0 Å². The van der Waals surface area contributed by atoms with Crippen LogP contribution in [0.5, 0.6) is 0 Å². The first-order chi connectivity index (χ1) is 18.8. The summed E-state index contributed by atoms with van der Waals surface area (Å²) in [6.07, 6.45) is -7.06. The number of aromatic nitrogens is 1. The third-order valence-electron chi connectivity index (χ3n) is 8.66. The highest BCUT2D eigenvalue weighted by atomic mass is 16.8. The molecule has 12 heteroatoms. The number of benzene rings is 1. The van der Waals surface area contributed by atoms with Gasteiger partial charge in [0.1, 0.15) is 24.4 Å². The van der Waals surface area contributed by atoms with E-state index in [1.54, 1.807) is 0 Å². The molecule has 2 saturated heterocycles. The fourth-order valence-electron chi connectivity index (χ4n) is 6.66. The molecule has 0 radical (unpaired) electrons. The molecule has 2 aromatic rings. The quantitative estimate of drug-likeness (QED) is 0.268. The number of rotatable bonds is 4. The number of H-pyrrole nitrogens is 1. The Morgan fingerprint density at radius 3 is 2.69 bits per heavy atom. The summed E-state index contributed by atoms with van der Waals surface area (Å²) in [5.74, 6) is -1.87. The standard InChI is InChI=1S/C27H34N2O10/c1-36-25(35)15-11-37-26(39-27-24(34)23(33)22(32)19(10-30)38-27)20-14(15)8-17-21-13(6-7-29(17)9-18(20)31)12-4-2-3-5-16(12)28-21/h2-5,11,14,17-20,22-24,26-28,30-34H,6-10H2,1H3/t14-,17+,18-,19-,20+,22-,23+,24-,26-,27+/m1/s1. The van der Waals surface area contributed by atoms with Crippen molar-refractivity contribution in [3.8, 4) is 0 Å². The lowest BCUT2D eigenvalue weighted by molar-refractivity contribution is -0.345. The summed E-state index contributed by atoms with van der Waals surface area (Å²) in [4.78, 5) is 18.6. The van der Waals surface area contributed by atoms with Crippen LogP contribution in [0.4, 0.5) is 0 Å². The molecule has 0 spiro atoms. The number of hydrogen-bond donors (Lipinski definition) is 6. The van der Waals surface area contributed by atoms with E-state index in [-0.39, 0.29) is 18.2 Å². The molecular weight excluding hydrogens is 512 g/mol. The third-order valence-corrected chi connectivity index (χ3v) is 8.66. The van der Waals surface area contributed by atoms with Gasteiger partial charge in [-0.1, -0.05) is 18.2 Å². The van der Waals surface area contributed by atoms with Crippen LogP contribution in [0.1, 0.15) is 23.7 Å². The maximum absolute atomic E-state index is 12.8. The number of ether oxygens (including phenoxy) is 4. The van der Waals surface area contributed by atoms with E-state index in [0.717, 1.165) is 23.0 Å².